The zero-order valence-corrected chi connectivity index (χ0v) is 8.38. The van der Waals surface area contributed by atoms with E-state index in [0.717, 1.165) is 19.3 Å². The normalized spacial score (nSPS) is 10.4. The molecule has 0 aliphatic carbocycles. The van der Waals surface area contributed by atoms with Gasteiger partial charge in [0.15, 0.2) is 0 Å². The number of aliphatic carboxylic acids is 1. The Labute approximate surface area is 79.1 Å². The van der Waals surface area contributed by atoms with Gasteiger partial charge in [0, 0.05) is 6.42 Å². The highest BCUT2D eigenvalue weighted by Crippen LogP contribution is 2.15. The van der Waals surface area contributed by atoms with Crippen LogP contribution in [0.1, 0.15) is 46.0 Å². The van der Waals surface area contributed by atoms with Crippen molar-refractivity contribution in [3.8, 4) is 0 Å². The monoisotopic (exact) mass is 186 g/mol. The highest BCUT2D eigenvalue weighted by atomic mass is 16.4. The van der Waals surface area contributed by atoms with Gasteiger partial charge in [0.2, 0.25) is 0 Å². The van der Waals surface area contributed by atoms with Crippen LogP contribution in [0, 0.1) is 5.92 Å². The van der Waals surface area contributed by atoms with E-state index in [1.165, 1.54) is 0 Å². The Hall–Kier alpha value is -0.860. The first-order valence-corrected chi connectivity index (χ1v) is 4.83. The standard InChI is InChI=1S/C10H18O3/c1-3-8(4-2)5-6-9(11)7-10(12)13/h8H,3-7H2,1-2H3,(H,12,13). The van der Waals surface area contributed by atoms with Gasteiger partial charge in [-0.25, -0.2) is 0 Å². The van der Waals surface area contributed by atoms with Crippen LogP contribution in [0.25, 0.3) is 0 Å². The molecule has 0 heterocycles. The molecule has 0 aliphatic heterocycles. The van der Waals surface area contributed by atoms with Crippen molar-refractivity contribution >= 4 is 11.8 Å². The molecule has 0 saturated heterocycles. The van der Waals surface area contributed by atoms with Crippen molar-refractivity contribution in [2.45, 2.75) is 46.0 Å². The molecule has 0 spiro atoms. The zero-order valence-electron chi connectivity index (χ0n) is 8.38. The van der Waals surface area contributed by atoms with Crippen LogP contribution in [-0.2, 0) is 9.59 Å². The van der Waals surface area contributed by atoms with Gasteiger partial charge in [-0.3, -0.25) is 9.59 Å². The van der Waals surface area contributed by atoms with E-state index in [4.69, 9.17) is 5.11 Å². The lowest BCUT2D eigenvalue weighted by atomic mass is 9.96. The summed E-state index contributed by atoms with van der Waals surface area (Å²) in [6, 6.07) is 0. The third-order valence-corrected chi connectivity index (χ3v) is 2.33. The Balaban J connectivity index is 3.62. The van der Waals surface area contributed by atoms with Crippen LogP contribution in [0.2, 0.25) is 0 Å². The molecular weight excluding hydrogens is 168 g/mol. The number of ketones is 1. The predicted octanol–water partition coefficient (Wildman–Crippen LogP) is 2.25. The number of carbonyl (C=O) groups excluding carboxylic acids is 1. The third kappa shape index (κ3) is 6.31. The first-order valence-electron chi connectivity index (χ1n) is 4.83. The van der Waals surface area contributed by atoms with Crippen molar-refractivity contribution in [3.05, 3.63) is 0 Å². The number of carbonyl (C=O) groups is 2. The lowest BCUT2D eigenvalue weighted by molar-refractivity contribution is -0.140. The molecule has 0 aromatic carbocycles. The summed E-state index contributed by atoms with van der Waals surface area (Å²) in [5, 5.41) is 8.34. The second kappa shape index (κ2) is 6.63. The molecule has 0 atom stereocenters. The fraction of sp³-hybridized carbons (Fsp3) is 0.800. The predicted molar refractivity (Wildman–Crippen MR) is 50.6 cm³/mol. The summed E-state index contributed by atoms with van der Waals surface area (Å²) in [7, 11) is 0. The van der Waals surface area contributed by atoms with Crippen LogP contribution in [-0.4, -0.2) is 16.9 Å². The maximum atomic E-state index is 11.0. The molecule has 0 unspecified atom stereocenters. The fourth-order valence-electron chi connectivity index (χ4n) is 1.32. The van der Waals surface area contributed by atoms with Crippen molar-refractivity contribution in [2.24, 2.45) is 5.92 Å². The average Bonchev–Trinajstić information content (AvgIpc) is 2.05. The highest BCUT2D eigenvalue weighted by Gasteiger charge is 2.10. The first kappa shape index (κ1) is 12.1. The number of rotatable bonds is 7. The minimum Gasteiger partial charge on any atom is -0.481 e. The summed E-state index contributed by atoms with van der Waals surface area (Å²) < 4.78 is 0. The van der Waals surface area contributed by atoms with Gasteiger partial charge in [-0.1, -0.05) is 26.7 Å². The molecule has 0 aliphatic rings. The lowest BCUT2D eigenvalue weighted by Gasteiger charge is -2.10. The number of hydrogen-bond acceptors (Lipinski definition) is 2. The van der Waals surface area contributed by atoms with Gasteiger partial charge in [0.05, 0.1) is 0 Å². The molecule has 0 fully saturated rings. The van der Waals surface area contributed by atoms with E-state index in [1.54, 1.807) is 0 Å². The molecule has 0 aromatic heterocycles. The lowest BCUT2D eigenvalue weighted by Crippen LogP contribution is -2.08. The van der Waals surface area contributed by atoms with Gasteiger partial charge < -0.3 is 5.11 Å². The Kier molecular flexibility index (Phi) is 6.20. The van der Waals surface area contributed by atoms with Crippen LogP contribution in [0.4, 0.5) is 0 Å². The van der Waals surface area contributed by atoms with Gasteiger partial charge in [-0.15, -0.1) is 0 Å². The summed E-state index contributed by atoms with van der Waals surface area (Å²) in [4.78, 5) is 21.2. The van der Waals surface area contributed by atoms with Crippen LogP contribution in [0.3, 0.4) is 0 Å². The Morgan fingerprint density at radius 2 is 1.77 bits per heavy atom. The topological polar surface area (TPSA) is 54.4 Å². The zero-order chi connectivity index (χ0) is 10.3. The first-order chi connectivity index (χ1) is 6.10. The van der Waals surface area contributed by atoms with E-state index in [0.29, 0.717) is 12.3 Å². The summed E-state index contributed by atoms with van der Waals surface area (Å²) in [5.74, 6) is -0.605. The number of carboxylic acid groups (broad SMARTS) is 1. The molecule has 1 N–H and O–H groups in total. The van der Waals surface area contributed by atoms with Crippen molar-refractivity contribution in [1.29, 1.82) is 0 Å². The van der Waals surface area contributed by atoms with E-state index in [2.05, 4.69) is 13.8 Å². The van der Waals surface area contributed by atoms with Crippen LogP contribution in [0.15, 0.2) is 0 Å². The average molecular weight is 186 g/mol. The van der Waals surface area contributed by atoms with Crippen molar-refractivity contribution in [1.82, 2.24) is 0 Å². The molecule has 76 valence electrons. The van der Waals surface area contributed by atoms with Gasteiger partial charge in [-0.05, 0) is 12.3 Å². The minimum absolute atomic E-state index is 0.153. The molecule has 0 saturated carbocycles. The van der Waals surface area contributed by atoms with E-state index in [1.807, 2.05) is 0 Å². The molecule has 0 radical (unpaired) electrons. The second-order valence-corrected chi connectivity index (χ2v) is 3.33. The van der Waals surface area contributed by atoms with Crippen LogP contribution < -0.4 is 0 Å². The van der Waals surface area contributed by atoms with Crippen molar-refractivity contribution < 1.29 is 14.7 Å². The molecule has 3 nitrogen and oxygen atoms in total. The number of Topliss-reactive ketones (excluding diaryl/α,β-unsaturated/α-hetero) is 1. The van der Waals surface area contributed by atoms with Crippen LogP contribution >= 0.6 is 0 Å². The summed E-state index contributed by atoms with van der Waals surface area (Å²) in [6.07, 6.45) is 3.06. The Bertz CT molecular complexity index is 171. The highest BCUT2D eigenvalue weighted by molar-refractivity contribution is 5.94. The SMILES string of the molecule is CCC(CC)CCC(=O)CC(=O)O. The van der Waals surface area contributed by atoms with Crippen molar-refractivity contribution in [3.63, 3.8) is 0 Å². The number of hydrogen-bond donors (Lipinski definition) is 1. The molecule has 3 heteroatoms. The Morgan fingerprint density at radius 1 is 1.23 bits per heavy atom. The quantitative estimate of drug-likeness (QED) is 0.620. The molecular formula is C10H18O3. The largest absolute Gasteiger partial charge is 0.481 e. The second-order valence-electron chi connectivity index (χ2n) is 3.33. The maximum absolute atomic E-state index is 11.0. The molecule has 0 rings (SSSR count). The molecule has 0 bridgehead atoms. The van der Waals surface area contributed by atoms with Crippen LogP contribution in [0.5, 0.6) is 0 Å². The minimum atomic E-state index is -1.02. The van der Waals surface area contributed by atoms with E-state index in [9.17, 15) is 9.59 Å². The number of carboxylic acids is 1. The maximum Gasteiger partial charge on any atom is 0.310 e. The summed E-state index contributed by atoms with van der Waals surface area (Å²) in [5.41, 5.74) is 0. The van der Waals surface area contributed by atoms with E-state index in [-0.39, 0.29) is 12.2 Å². The van der Waals surface area contributed by atoms with Crippen molar-refractivity contribution in [2.75, 3.05) is 0 Å². The van der Waals surface area contributed by atoms with Gasteiger partial charge in [0.25, 0.3) is 0 Å². The summed E-state index contributed by atoms with van der Waals surface area (Å²) >= 11 is 0. The molecule has 13 heavy (non-hydrogen) atoms. The molecule has 0 amide bonds. The third-order valence-electron chi connectivity index (χ3n) is 2.33. The summed E-state index contributed by atoms with van der Waals surface area (Å²) in [6.45, 7) is 4.19. The van der Waals surface area contributed by atoms with E-state index < -0.39 is 5.97 Å². The van der Waals surface area contributed by atoms with Gasteiger partial charge in [0.1, 0.15) is 12.2 Å². The van der Waals surface area contributed by atoms with Gasteiger partial charge >= 0.3 is 5.97 Å². The molecule has 0 aromatic rings. The van der Waals surface area contributed by atoms with E-state index >= 15 is 0 Å². The Morgan fingerprint density at radius 3 is 2.15 bits per heavy atom. The van der Waals surface area contributed by atoms with Gasteiger partial charge in [-0.2, -0.15) is 0 Å². The fourth-order valence-corrected chi connectivity index (χ4v) is 1.32. The smallest absolute Gasteiger partial charge is 0.310 e.